The van der Waals surface area contributed by atoms with E-state index >= 15 is 0 Å². The van der Waals surface area contributed by atoms with E-state index < -0.39 is 10.1 Å². The largest absolute Gasteiger partial charge is 0.378 e. The van der Waals surface area contributed by atoms with Crippen LogP contribution in [0.25, 0.3) is 0 Å². The van der Waals surface area contributed by atoms with Gasteiger partial charge in [0.15, 0.2) is 11.5 Å². The number of rotatable bonds is 5. The molecular formula is C19H12Cl2O4S. The van der Waals surface area contributed by atoms with Gasteiger partial charge in [-0.1, -0.05) is 65.7 Å². The maximum atomic E-state index is 12.7. The summed E-state index contributed by atoms with van der Waals surface area (Å²) >= 11 is 11.8. The molecule has 0 saturated heterocycles. The molecule has 26 heavy (non-hydrogen) atoms. The van der Waals surface area contributed by atoms with Gasteiger partial charge in [0.1, 0.15) is 4.90 Å². The van der Waals surface area contributed by atoms with Crippen LogP contribution in [0.15, 0.2) is 77.7 Å². The first-order valence-corrected chi connectivity index (χ1v) is 9.63. The summed E-state index contributed by atoms with van der Waals surface area (Å²) in [5.74, 6) is -0.439. The van der Waals surface area contributed by atoms with E-state index in [1.165, 1.54) is 30.3 Å². The number of carbonyl (C=O) groups excluding carboxylic acids is 1. The quantitative estimate of drug-likeness (QED) is 0.442. The first kappa shape index (κ1) is 18.5. The highest BCUT2D eigenvalue weighted by molar-refractivity contribution is 7.87. The van der Waals surface area contributed by atoms with Gasteiger partial charge in [-0.25, -0.2) is 0 Å². The second-order valence-corrected chi connectivity index (χ2v) is 7.66. The lowest BCUT2D eigenvalue weighted by molar-refractivity contribution is 0.103. The molecule has 0 aliphatic heterocycles. The summed E-state index contributed by atoms with van der Waals surface area (Å²) < 4.78 is 30.4. The Morgan fingerprint density at radius 1 is 0.846 bits per heavy atom. The molecule has 3 rings (SSSR count). The summed E-state index contributed by atoms with van der Waals surface area (Å²) in [5, 5.41) is 0.173. The molecule has 0 bridgehead atoms. The molecule has 0 aromatic heterocycles. The zero-order chi connectivity index (χ0) is 18.7. The van der Waals surface area contributed by atoms with Crippen LogP contribution >= 0.6 is 23.2 Å². The SMILES string of the molecule is O=C(c1ccccc1)c1ccccc1OS(=O)(=O)c1cc(Cl)ccc1Cl. The van der Waals surface area contributed by atoms with E-state index in [1.54, 1.807) is 42.5 Å². The van der Waals surface area contributed by atoms with E-state index in [2.05, 4.69) is 0 Å². The van der Waals surface area contributed by atoms with Crippen LogP contribution in [0.1, 0.15) is 15.9 Å². The topological polar surface area (TPSA) is 60.4 Å². The van der Waals surface area contributed by atoms with Crippen molar-refractivity contribution in [3.8, 4) is 5.75 Å². The molecule has 0 aliphatic rings. The molecule has 0 fully saturated rings. The van der Waals surface area contributed by atoms with Crippen LogP contribution in [0, 0.1) is 0 Å². The van der Waals surface area contributed by atoms with Crippen LogP contribution in [-0.4, -0.2) is 14.2 Å². The van der Waals surface area contributed by atoms with Crippen molar-refractivity contribution in [2.45, 2.75) is 4.90 Å². The lowest BCUT2D eigenvalue weighted by Crippen LogP contribution is -2.13. The zero-order valence-electron chi connectivity index (χ0n) is 13.2. The van der Waals surface area contributed by atoms with E-state index in [0.717, 1.165) is 0 Å². The van der Waals surface area contributed by atoms with Crippen molar-refractivity contribution in [2.75, 3.05) is 0 Å². The maximum Gasteiger partial charge on any atom is 0.340 e. The van der Waals surface area contributed by atoms with Crippen molar-refractivity contribution in [3.63, 3.8) is 0 Å². The Hall–Kier alpha value is -2.34. The summed E-state index contributed by atoms with van der Waals surface area (Å²) in [6, 6.07) is 18.6. The molecule has 3 aromatic rings. The summed E-state index contributed by atoms with van der Waals surface area (Å²) in [6.45, 7) is 0. The fourth-order valence-corrected chi connectivity index (χ4v) is 3.99. The molecule has 132 valence electrons. The number of carbonyl (C=O) groups is 1. The fraction of sp³-hybridized carbons (Fsp3) is 0. The molecule has 0 N–H and O–H groups in total. The van der Waals surface area contributed by atoms with Gasteiger partial charge in [-0.05, 0) is 30.3 Å². The Labute approximate surface area is 161 Å². The number of hydrogen-bond acceptors (Lipinski definition) is 4. The Bertz CT molecular complexity index is 1060. The van der Waals surface area contributed by atoms with Gasteiger partial charge in [-0.3, -0.25) is 4.79 Å². The Balaban J connectivity index is 2.01. The van der Waals surface area contributed by atoms with Crippen molar-refractivity contribution < 1.29 is 17.4 Å². The Morgan fingerprint density at radius 2 is 1.50 bits per heavy atom. The minimum Gasteiger partial charge on any atom is -0.378 e. The monoisotopic (exact) mass is 406 g/mol. The van der Waals surface area contributed by atoms with Crippen molar-refractivity contribution in [2.24, 2.45) is 0 Å². The van der Waals surface area contributed by atoms with Crippen molar-refractivity contribution in [1.82, 2.24) is 0 Å². The van der Waals surface area contributed by atoms with Crippen molar-refractivity contribution >= 4 is 39.1 Å². The molecule has 0 atom stereocenters. The fourth-order valence-electron chi connectivity index (χ4n) is 2.30. The first-order chi connectivity index (χ1) is 12.4. The molecule has 4 nitrogen and oxygen atoms in total. The Kier molecular flexibility index (Phi) is 5.32. The standard InChI is InChI=1S/C19H12Cl2O4S/c20-14-10-11-16(21)18(12-14)26(23,24)25-17-9-5-4-8-15(17)19(22)13-6-2-1-3-7-13/h1-12H. The van der Waals surface area contributed by atoms with Gasteiger partial charge in [0.25, 0.3) is 0 Å². The molecule has 0 heterocycles. The average Bonchev–Trinajstić information content (AvgIpc) is 2.64. The highest BCUT2D eigenvalue weighted by Crippen LogP contribution is 2.30. The van der Waals surface area contributed by atoms with E-state index in [9.17, 15) is 13.2 Å². The summed E-state index contributed by atoms with van der Waals surface area (Å²) in [5.41, 5.74) is 0.544. The van der Waals surface area contributed by atoms with Crippen molar-refractivity contribution in [3.05, 3.63) is 94.0 Å². The van der Waals surface area contributed by atoms with Gasteiger partial charge in [0.05, 0.1) is 10.6 Å². The van der Waals surface area contributed by atoms with E-state index in [0.29, 0.717) is 5.56 Å². The summed E-state index contributed by atoms with van der Waals surface area (Å²) in [6.07, 6.45) is 0. The van der Waals surface area contributed by atoms with Crippen LogP contribution in [-0.2, 0) is 10.1 Å². The predicted molar refractivity (Wildman–Crippen MR) is 101 cm³/mol. The van der Waals surface area contributed by atoms with Gasteiger partial charge < -0.3 is 4.18 Å². The van der Waals surface area contributed by atoms with Crippen LogP contribution in [0.3, 0.4) is 0 Å². The normalized spacial score (nSPS) is 11.2. The first-order valence-electron chi connectivity index (χ1n) is 7.47. The van der Waals surface area contributed by atoms with E-state index in [1.807, 2.05) is 0 Å². The predicted octanol–water partition coefficient (Wildman–Crippen LogP) is 4.99. The Morgan fingerprint density at radius 3 is 2.23 bits per heavy atom. The van der Waals surface area contributed by atoms with Crippen molar-refractivity contribution in [1.29, 1.82) is 0 Å². The lowest BCUT2D eigenvalue weighted by Gasteiger charge is -2.12. The summed E-state index contributed by atoms with van der Waals surface area (Å²) in [7, 11) is -4.27. The molecule has 3 aromatic carbocycles. The van der Waals surface area contributed by atoms with Gasteiger partial charge >= 0.3 is 10.1 Å². The molecule has 0 amide bonds. The van der Waals surface area contributed by atoms with Crippen LogP contribution < -0.4 is 4.18 Å². The second-order valence-electron chi connectivity index (χ2n) is 5.30. The van der Waals surface area contributed by atoms with Gasteiger partial charge in [0.2, 0.25) is 0 Å². The van der Waals surface area contributed by atoms with Gasteiger partial charge in [0, 0.05) is 10.6 Å². The van der Waals surface area contributed by atoms with Gasteiger partial charge in [-0.15, -0.1) is 0 Å². The van der Waals surface area contributed by atoms with Crippen LogP contribution in [0.2, 0.25) is 10.0 Å². The van der Waals surface area contributed by atoms with Crippen LogP contribution in [0.5, 0.6) is 5.75 Å². The zero-order valence-corrected chi connectivity index (χ0v) is 15.6. The lowest BCUT2D eigenvalue weighted by atomic mass is 10.0. The molecule has 7 heteroatoms. The molecule has 0 spiro atoms. The molecule has 0 unspecified atom stereocenters. The van der Waals surface area contributed by atoms with Crippen LogP contribution in [0.4, 0.5) is 0 Å². The highest BCUT2D eigenvalue weighted by Gasteiger charge is 2.24. The number of hydrogen-bond donors (Lipinski definition) is 0. The molecule has 0 saturated carbocycles. The highest BCUT2D eigenvalue weighted by atomic mass is 35.5. The van der Waals surface area contributed by atoms with E-state index in [4.69, 9.17) is 27.4 Å². The van der Waals surface area contributed by atoms with E-state index in [-0.39, 0.29) is 32.0 Å². The third kappa shape index (κ3) is 3.90. The third-order valence-electron chi connectivity index (χ3n) is 3.53. The third-order valence-corrected chi connectivity index (χ3v) is 5.48. The number of ketones is 1. The average molecular weight is 407 g/mol. The smallest absolute Gasteiger partial charge is 0.340 e. The van der Waals surface area contributed by atoms with Gasteiger partial charge in [-0.2, -0.15) is 8.42 Å². The minimum atomic E-state index is -4.27. The summed E-state index contributed by atoms with van der Waals surface area (Å²) in [4.78, 5) is 12.4. The number of para-hydroxylation sites is 1. The molecular weight excluding hydrogens is 395 g/mol. The number of halogens is 2. The number of benzene rings is 3. The second kappa shape index (κ2) is 7.50. The maximum absolute atomic E-state index is 12.7. The molecule has 0 aliphatic carbocycles. The molecule has 0 radical (unpaired) electrons. The minimum absolute atomic E-state index is 0.0266.